The first-order valence-electron chi connectivity index (χ1n) is 39.5. The van der Waals surface area contributed by atoms with Crippen LogP contribution < -0.4 is 16.6 Å². The Hall–Kier alpha value is -11.7. The third-order valence-corrected chi connectivity index (χ3v) is 18.0. The summed E-state index contributed by atoms with van der Waals surface area (Å²) in [7, 11) is 10.2. The Bertz CT molecular complexity index is 4130. The maximum atomic E-state index is 12.9. The van der Waals surface area contributed by atoms with E-state index < -0.39 is 76.5 Å². The molecule has 680 valence electrons. The fraction of sp³-hybridized carbons (Fsp3) is 0.459. The fourth-order valence-electron chi connectivity index (χ4n) is 11.6. The van der Waals surface area contributed by atoms with E-state index in [0.717, 1.165) is 56.8 Å². The summed E-state index contributed by atoms with van der Waals surface area (Å²) in [4.78, 5) is 171. The quantitative estimate of drug-likeness (QED) is 0.0163. The number of benzene rings is 5. The molecule has 4 N–H and O–H groups in total. The van der Waals surface area contributed by atoms with E-state index in [2.05, 4.69) is 54.8 Å². The van der Waals surface area contributed by atoms with Gasteiger partial charge < -0.3 is 57.7 Å². The van der Waals surface area contributed by atoms with Gasteiger partial charge in [-0.2, -0.15) is 0 Å². The zero-order valence-electron chi connectivity index (χ0n) is 71.8. The third kappa shape index (κ3) is 39.7. The number of rotatable bonds is 20. The number of methoxy groups -OCH3 is 4. The molecule has 5 saturated heterocycles. The minimum atomic E-state index is -0.934. The molecule has 5 aliphatic rings. The Labute approximate surface area is 737 Å². The van der Waals surface area contributed by atoms with Crippen LogP contribution in [0.3, 0.4) is 0 Å². The molecule has 0 aromatic heterocycles. The van der Waals surface area contributed by atoms with Crippen LogP contribution in [0.25, 0.3) is 0 Å². The number of nitrogens with one attached hydrogen (secondary N) is 2. The predicted octanol–water partition coefficient (Wildman–Crippen LogP) is 12.0. The second-order valence-electron chi connectivity index (χ2n) is 28.1. The van der Waals surface area contributed by atoms with Crippen molar-refractivity contribution in [3.63, 3.8) is 0 Å². The van der Waals surface area contributed by atoms with Crippen molar-refractivity contribution >= 4 is 117 Å². The first kappa shape index (κ1) is 107. The van der Waals surface area contributed by atoms with E-state index in [9.17, 15) is 62.3 Å². The summed E-state index contributed by atoms with van der Waals surface area (Å²) in [6.07, 6.45) is 5.23. The smallest absolute Gasteiger partial charge is 0.429 e. The number of fused-ring (bicyclic) bond motifs is 1. The number of hydrogen-bond acceptors (Lipinski definition) is 27. The molecule has 9 amide bonds. The Morgan fingerprint density at radius 1 is 0.532 bits per heavy atom. The topological polar surface area (TPSA) is 411 Å². The maximum absolute atomic E-state index is 12.9. The van der Waals surface area contributed by atoms with E-state index in [0.29, 0.717) is 104 Å². The highest BCUT2D eigenvalue weighted by molar-refractivity contribution is 6.93. The number of nitrogens with zero attached hydrogens (tertiary/aromatic N) is 9. The predicted molar refractivity (Wildman–Crippen MR) is 456 cm³/mol. The van der Waals surface area contributed by atoms with E-state index in [1.165, 1.54) is 63.3 Å². The SMILES string of the molecule is C=CC(=O)OCc1ccccc1.CC(C)(C)ON.CCCN(C)C(=O)N1[C@H](C(=O)OC)CCCN1C(=O)OCc1ccccc1.CNCCC(=O)OCc1ccccc1.COC(=O)[C@@H]1CCCN(C(=O)OCc2ccccc2)N1.COC(=O)[C@@H]1CCCN(C(=O)OCc2ccccc2)N1C(=O)Cl.COC(=O)[C@@H]1CCCN2C(=O)CCN(C)C(=O)N12.O=C(Cl)Cl. The molecule has 0 unspecified atom stereocenters. The summed E-state index contributed by atoms with van der Waals surface area (Å²) in [5.74, 6) is 2.11. The van der Waals surface area contributed by atoms with Gasteiger partial charge in [0.2, 0.25) is 5.91 Å². The summed E-state index contributed by atoms with van der Waals surface area (Å²) in [6.45, 7) is 15.0. The number of amides is 9. The number of ether oxygens (including phenoxy) is 9. The zero-order chi connectivity index (χ0) is 92.1. The van der Waals surface area contributed by atoms with Gasteiger partial charge in [0, 0.05) is 72.4 Å². The van der Waals surface area contributed by atoms with Crippen molar-refractivity contribution in [1.82, 2.24) is 55.6 Å². The van der Waals surface area contributed by atoms with Crippen molar-refractivity contribution in [2.45, 2.75) is 161 Å². The number of carbonyl (C=O) groups excluding carboxylic acids is 14. The van der Waals surface area contributed by atoms with E-state index in [1.807, 2.05) is 186 Å². The molecular formula is C85H115Cl3N12O24. The van der Waals surface area contributed by atoms with Crippen LogP contribution in [0.1, 0.15) is 126 Å². The van der Waals surface area contributed by atoms with Crippen LogP contribution >= 0.6 is 34.8 Å². The highest BCUT2D eigenvalue weighted by Crippen LogP contribution is 2.27. The van der Waals surface area contributed by atoms with Gasteiger partial charge in [-0.05, 0) is 148 Å². The molecule has 5 heterocycles. The lowest BCUT2D eigenvalue weighted by molar-refractivity contribution is -0.164. The molecule has 5 aliphatic heterocycles. The normalized spacial score (nSPS) is 16.2. The molecule has 5 fully saturated rings. The van der Waals surface area contributed by atoms with Crippen LogP contribution in [0, 0.1) is 0 Å². The van der Waals surface area contributed by atoms with Crippen molar-refractivity contribution in [2.75, 3.05) is 95.4 Å². The van der Waals surface area contributed by atoms with Crippen LogP contribution in [-0.4, -0.2) is 252 Å². The summed E-state index contributed by atoms with van der Waals surface area (Å²) < 4.78 is 43.6. The molecule has 39 heteroatoms. The number of esters is 6. The summed E-state index contributed by atoms with van der Waals surface area (Å²) in [5.41, 5.74) is 7.21. The number of nitrogens with two attached hydrogens (primary N) is 1. The molecule has 4 atom stereocenters. The molecule has 124 heavy (non-hydrogen) atoms. The minimum absolute atomic E-state index is 0.0589. The van der Waals surface area contributed by atoms with Crippen LogP contribution in [0.2, 0.25) is 0 Å². The van der Waals surface area contributed by atoms with Gasteiger partial charge in [-0.1, -0.05) is 165 Å². The molecule has 0 spiro atoms. The van der Waals surface area contributed by atoms with Gasteiger partial charge in [0.1, 0.15) is 39.1 Å². The lowest BCUT2D eigenvalue weighted by atomic mass is 10.1. The summed E-state index contributed by atoms with van der Waals surface area (Å²) in [5, 5.41) is 10.3. The number of hydrogen-bond donors (Lipinski definition) is 3. The molecule has 0 radical (unpaired) electrons. The van der Waals surface area contributed by atoms with E-state index in [-0.39, 0.29) is 68.2 Å². The minimum Gasteiger partial charge on any atom is -0.468 e. The second kappa shape index (κ2) is 59.2. The van der Waals surface area contributed by atoms with Crippen LogP contribution in [-0.2, 0) is 114 Å². The molecule has 5 aromatic carbocycles. The van der Waals surface area contributed by atoms with Gasteiger partial charge in [0.05, 0.1) is 40.5 Å². The van der Waals surface area contributed by atoms with E-state index >= 15 is 0 Å². The molecule has 10 rings (SSSR count). The third-order valence-electron chi connectivity index (χ3n) is 17.9. The second-order valence-corrected chi connectivity index (χ2v) is 29.3. The van der Waals surface area contributed by atoms with Gasteiger partial charge in [0.25, 0.3) is 0 Å². The Kier molecular flexibility index (Phi) is 50.8. The van der Waals surface area contributed by atoms with Crippen LogP contribution in [0.4, 0.5) is 33.6 Å². The number of hydrazine groups is 4. The van der Waals surface area contributed by atoms with Gasteiger partial charge in [-0.15, -0.1) is 0 Å². The molecule has 0 aliphatic carbocycles. The number of carbonyl (C=O) groups is 14. The maximum Gasteiger partial charge on any atom is 0.429 e. The summed E-state index contributed by atoms with van der Waals surface area (Å²) in [6, 6.07) is 43.3. The average molecular weight is 1800 g/mol. The Morgan fingerprint density at radius 3 is 1.30 bits per heavy atom. The lowest BCUT2D eigenvalue weighted by Gasteiger charge is -2.43. The Morgan fingerprint density at radius 2 is 0.903 bits per heavy atom. The lowest BCUT2D eigenvalue weighted by Crippen LogP contribution is -2.62. The van der Waals surface area contributed by atoms with Gasteiger partial charge in [-0.25, -0.2) is 89.5 Å². The molecule has 36 nitrogen and oxygen atoms in total. The van der Waals surface area contributed by atoms with Gasteiger partial charge in [-0.3, -0.25) is 28.8 Å². The fourth-order valence-corrected chi connectivity index (χ4v) is 11.8. The van der Waals surface area contributed by atoms with Crippen molar-refractivity contribution < 1.29 is 115 Å². The largest absolute Gasteiger partial charge is 0.468 e. The molecular weight excluding hydrogens is 1680 g/mol. The zero-order valence-corrected chi connectivity index (χ0v) is 74.1. The Balaban J connectivity index is 0.000000381. The van der Waals surface area contributed by atoms with E-state index in [1.54, 1.807) is 14.1 Å². The first-order valence-corrected chi connectivity index (χ1v) is 40.7. The standard InChI is InChI=1S/C19H27N3O5.C15H17ClN2O5.C14H18N2O4.C11H17N3O4.C11H15NO2.C10H10O2.C4H11NO.CCl2O/c1-4-12-20(2)18(24)22-16(17(23)26-3)11-8-13-21(22)19(25)27-14-15-9-6-5-7-10-15;1-22-13(19)12-8-5-9-17(18(12)14(16)20)15(21)23-10-11-6-3-2-4-7-11;1-19-13(17)12-8-5-9-16(15-12)14(18)20-10-11-6-3-2-4-7-11;1-12-7-5-9(15)13-6-3-4-8(10(16)18-2)14(13)11(12)17;1-12-8-7-11(13)14-9-10-5-3-2-4-6-10;1-2-10(11)12-8-9-6-4-3-5-7-9;1-4(2,3)6-5;2-1(3)4/h5-7,9-10,16H,4,8,11-14H2,1-3H3;2-4,6-7,12H,5,8-10H2,1H3;2-4,6-7,12,15H,5,8-10H2,1H3;8H,3-7H2,1-2H3;2-6,12H,7-9H2,1H3;2-7H,1,8H2;5H2,1-3H3;/t16-;2*12-;8-;;;;/m0000..../s1. The highest BCUT2D eigenvalue weighted by Gasteiger charge is 2.45. The van der Waals surface area contributed by atoms with Crippen molar-refractivity contribution in [3.05, 3.63) is 192 Å². The monoisotopic (exact) mass is 1790 g/mol. The van der Waals surface area contributed by atoms with Crippen LogP contribution in [0.5, 0.6) is 0 Å². The molecule has 0 bridgehead atoms. The first-order chi connectivity index (χ1) is 59.2. The van der Waals surface area contributed by atoms with Crippen molar-refractivity contribution in [2.24, 2.45) is 5.90 Å². The van der Waals surface area contributed by atoms with Crippen LogP contribution in [0.15, 0.2) is 164 Å². The number of urea groups is 2. The van der Waals surface area contributed by atoms with Gasteiger partial charge >= 0.3 is 76.2 Å². The van der Waals surface area contributed by atoms with E-state index in [4.69, 9.17) is 55.5 Å². The van der Waals surface area contributed by atoms with Crippen molar-refractivity contribution in [1.29, 1.82) is 0 Å². The van der Waals surface area contributed by atoms with Gasteiger partial charge in [0.15, 0.2) is 18.1 Å². The number of halogens is 3. The molecule has 5 aromatic rings. The molecule has 0 saturated carbocycles. The van der Waals surface area contributed by atoms with Crippen molar-refractivity contribution in [3.8, 4) is 0 Å². The average Bonchev–Trinajstić information content (AvgIpc) is 1.57. The highest BCUT2D eigenvalue weighted by atomic mass is 35.5. The summed E-state index contributed by atoms with van der Waals surface area (Å²) >= 11 is 14.3.